The van der Waals surface area contributed by atoms with Gasteiger partial charge in [-0.1, -0.05) is 160 Å². The lowest BCUT2D eigenvalue weighted by Crippen LogP contribution is -2.23. The highest BCUT2D eigenvalue weighted by Gasteiger charge is 2.22. The van der Waals surface area contributed by atoms with E-state index in [9.17, 15) is 19.4 Å². The minimum atomic E-state index is -4.27. The molecular weight excluding hydrogens is 721 g/mol. The molecule has 0 bridgehead atoms. The van der Waals surface area contributed by atoms with E-state index < -0.39 is 26.5 Å². The molecule has 2 unspecified atom stereocenters. The van der Waals surface area contributed by atoms with Crippen LogP contribution in [-0.2, 0) is 23.1 Å². The van der Waals surface area contributed by atoms with Crippen molar-refractivity contribution >= 4 is 13.8 Å². The van der Waals surface area contributed by atoms with E-state index in [0.29, 0.717) is 0 Å². The summed E-state index contributed by atoms with van der Waals surface area (Å²) in [6, 6.07) is 0. The Morgan fingerprint density at radius 2 is 0.893 bits per heavy atom. The molecule has 0 saturated heterocycles. The van der Waals surface area contributed by atoms with Gasteiger partial charge in [0, 0.05) is 13.0 Å². The highest BCUT2D eigenvalue weighted by atomic mass is 31.2. The normalized spacial score (nSPS) is 14.9. The van der Waals surface area contributed by atoms with Crippen molar-refractivity contribution in [2.24, 2.45) is 5.73 Å². The van der Waals surface area contributed by atoms with Gasteiger partial charge in [-0.25, -0.2) is 4.57 Å². The highest BCUT2D eigenvalue weighted by molar-refractivity contribution is 7.47. The molecule has 9 heteroatoms. The zero-order valence-electron chi connectivity index (χ0n) is 34.3. The molecule has 56 heavy (non-hydrogen) atoms. The van der Waals surface area contributed by atoms with Gasteiger partial charge in [0.05, 0.1) is 13.2 Å². The fourth-order valence-corrected chi connectivity index (χ4v) is 5.52. The van der Waals surface area contributed by atoms with Crippen LogP contribution in [0.5, 0.6) is 0 Å². The van der Waals surface area contributed by atoms with Crippen molar-refractivity contribution in [2.45, 2.75) is 129 Å². The average Bonchev–Trinajstić information content (AvgIpc) is 3.19. The van der Waals surface area contributed by atoms with Crippen LogP contribution in [0, 0.1) is 0 Å². The summed E-state index contributed by atoms with van der Waals surface area (Å²) in [4.78, 5) is 21.2. The predicted molar refractivity (Wildman–Crippen MR) is 237 cm³/mol. The summed E-state index contributed by atoms with van der Waals surface area (Å²) in [5.41, 5.74) is 5.20. The van der Waals surface area contributed by atoms with Crippen molar-refractivity contribution in [3.8, 4) is 0 Å². The molecule has 0 aromatic heterocycles. The lowest BCUT2D eigenvalue weighted by molar-refractivity contribution is -0.147. The van der Waals surface area contributed by atoms with Gasteiger partial charge in [-0.2, -0.15) is 0 Å². The van der Waals surface area contributed by atoms with Crippen LogP contribution >= 0.6 is 7.82 Å². The number of esters is 1. The number of carbonyl (C=O) groups excluding carboxylic acids is 1. The molecule has 0 aromatic rings. The average molecular weight is 796 g/mol. The van der Waals surface area contributed by atoms with Crippen LogP contribution in [0.4, 0.5) is 0 Å². The molecule has 0 aromatic carbocycles. The molecule has 0 saturated carbocycles. The topological polar surface area (TPSA) is 128 Å². The SMILES string of the molecule is CC/C=C\C/C=C\C/C=C\C/C=C\C/C=C\C/C=C\C/C=C\C/C=C\C/C=C\C/C=C\C/C=C\CCCCCCCC(=O)OCC(O)COP(=O)(O)OCCN. The number of ether oxygens (including phenoxy) is 1. The molecule has 314 valence electrons. The number of carbonyl (C=O) groups is 1. The first-order chi connectivity index (χ1) is 27.4. The van der Waals surface area contributed by atoms with Gasteiger partial charge in [-0.15, -0.1) is 0 Å². The molecule has 0 aliphatic heterocycles. The Morgan fingerprint density at radius 3 is 1.29 bits per heavy atom. The highest BCUT2D eigenvalue weighted by Crippen LogP contribution is 2.42. The van der Waals surface area contributed by atoms with E-state index in [0.717, 1.165) is 109 Å². The van der Waals surface area contributed by atoms with Gasteiger partial charge in [0.15, 0.2) is 0 Å². The number of aliphatic hydroxyl groups excluding tert-OH is 1. The van der Waals surface area contributed by atoms with Crippen molar-refractivity contribution in [1.29, 1.82) is 0 Å². The van der Waals surface area contributed by atoms with E-state index in [1.54, 1.807) is 0 Å². The van der Waals surface area contributed by atoms with E-state index in [2.05, 4.69) is 150 Å². The van der Waals surface area contributed by atoms with E-state index in [-0.39, 0.29) is 26.2 Å². The molecule has 0 aliphatic carbocycles. The first-order valence-electron chi connectivity index (χ1n) is 20.7. The number of nitrogens with two attached hydrogens (primary N) is 1. The second-order valence-electron chi connectivity index (χ2n) is 13.0. The Morgan fingerprint density at radius 1 is 0.536 bits per heavy atom. The van der Waals surface area contributed by atoms with Crippen molar-refractivity contribution in [3.63, 3.8) is 0 Å². The molecule has 8 nitrogen and oxygen atoms in total. The minimum Gasteiger partial charge on any atom is -0.463 e. The van der Waals surface area contributed by atoms with Crippen LogP contribution in [-0.4, -0.2) is 48.4 Å². The quantitative estimate of drug-likeness (QED) is 0.0245. The number of hydrogen-bond acceptors (Lipinski definition) is 7. The molecule has 0 rings (SSSR count). The fourth-order valence-electron chi connectivity index (χ4n) is 4.75. The number of allylic oxidation sites excluding steroid dienone is 22. The van der Waals surface area contributed by atoms with Gasteiger partial charge < -0.3 is 20.5 Å². The lowest BCUT2D eigenvalue weighted by atomic mass is 10.1. The van der Waals surface area contributed by atoms with Gasteiger partial charge >= 0.3 is 13.8 Å². The van der Waals surface area contributed by atoms with E-state index in [4.69, 9.17) is 10.5 Å². The Balaban J connectivity index is 3.63. The predicted octanol–water partition coefficient (Wildman–Crippen LogP) is 12.1. The van der Waals surface area contributed by atoms with Gasteiger partial charge in [-0.3, -0.25) is 13.8 Å². The maximum Gasteiger partial charge on any atom is 0.472 e. The van der Waals surface area contributed by atoms with E-state index in [1.807, 2.05) is 0 Å². The number of hydrogen-bond donors (Lipinski definition) is 3. The molecule has 0 fully saturated rings. The van der Waals surface area contributed by atoms with Crippen LogP contribution in [0.25, 0.3) is 0 Å². The number of phosphoric ester groups is 1. The molecule has 0 radical (unpaired) electrons. The molecular formula is C47H74NO7P. The number of phosphoric acid groups is 1. The van der Waals surface area contributed by atoms with Crippen LogP contribution in [0.15, 0.2) is 134 Å². The molecule has 0 spiro atoms. The molecule has 0 aliphatic rings. The monoisotopic (exact) mass is 796 g/mol. The summed E-state index contributed by atoms with van der Waals surface area (Å²) in [6.07, 6.45) is 64.8. The number of unbranched alkanes of at least 4 members (excludes halogenated alkanes) is 5. The molecule has 0 amide bonds. The Hall–Kier alpha value is -3.36. The van der Waals surface area contributed by atoms with Crippen LogP contribution in [0.1, 0.15) is 122 Å². The van der Waals surface area contributed by atoms with Crippen LogP contribution in [0.3, 0.4) is 0 Å². The first kappa shape index (κ1) is 52.6. The van der Waals surface area contributed by atoms with Gasteiger partial charge in [0.25, 0.3) is 0 Å². The van der Waals surface area contributed by atoms with Crippen molar-refractivity contribution in [2.75, 3.05) is 26.4 Å². The van der Waals surface area contributed by atoms with E-state index >= 15 is 0 Å². The van der Waals surface area contributed by atoms with E-state index in [1.165, 1.54) is 0 Å². The number of rotatable bonds is 37. The van der Waals surface area contributed by atoms with Crippen molar-refractivity contribution in [3.05, 3.63) is 134 Å². The molecule has 4 N–H and O–H groups in total. The lowest BCUT2D eigenvalue weighted by Gasteiger charge is -2.15. The summed E-state index contributed by atoms with van der Waals surface area (Å²) in [6.45, 7) is 1.29. The summed E-state index contributed by atoms with van der Waals surface area (Å²) in [5.74, 6) is -0.411. The Bertz CT molecular complexity index is 1300. The smallest absolute Gasteiger partial charge is 0.463 e. The zero-order chi connectivity index (χ0) is 40.9. The maximum absolute atomic E-state index is 11.8. The Kier molecular flexibility index (Phi) is 40.2. The molecule has 2 atom stereocenters. The fraction of sp³-hybridized carbons (Fsp3) is 0.511. The van der Waals surface area contributed by atoms with Crippen molar-refractivity contribution in [1.82, 2.24) is 0 Å². The van der Waals surface area contributed by atoms with Crippen molar-refractivity contribution < 1.29 is 33.1 Å². The van der Waals surface area contributed by atoms with Crippen LogP contribution < -0.4 is 5.73 Å². The second kappa shape index (κ2) is 42.8. The third-order valence-corrected chi connectivity index (χ3v) is 8.77. The summed E-state index contributed by atoms with van der Waals surface area (Å²) >= 11 is 0. The summed E-state index contributed by atoms with van der Waals surface area (Å²) in [7, 11) is -4.27. The van der Waals surface area contributed by atoms with Gasteiger partial charge in [0.2, 0.25) is 0 Å². The maximum atomic E-state index is 11.8. The molecule has 0 heterocycles. The third-order valence-electron chi connectivity index (χ3n) is 7.78. The van der Waals surface area contributed by atoms with Gasteiger partial charge in [0.1, 0.15) is 12.7 Å². The summed E-state index contributed by atoms with van der Waals surface area (Å²) in [5, 5.41) is 9.76. The third kappa shape index (κ3) is 43.4. The largest absolute Gasteiger partial charge is 0.472 e. The first-order valence-corrected chi connectivity index (χ1v) is 22.2. The van der Waals surface area contributed by atoms with Crippen LogP contribution in [0.2, 0.25) is 0 Å². The van der Waals surface area contributed by atoms with Gasteiger partial charge in [-0.05, 0) is 89.9 Å². The minimum absolute atomic E-state index is 0.0644. The summed E-state index contributed by atoms with van der Waals surface area (Å²) < 4.78 is 25.7. The standard InChI is InChI=1S/C47H74NO7P/c1-2-3-4-5-6-7-8-9-10-11-12-13-14-15-16-17-18-19-20-21-22-23-24-25-26-27-28-29-30-31-32-33-34-35-36-37-38-39-40-41-47(50)53-44-46(49)45-55-56(51,52)54-43-42-48/h3-4,6-7,9-10,12-13,15-16,18-19,21-22,24-25,27-28,30-31,33-34,46,49H,2,5,8,11,14,17,20,23,26,29,32,35-45,48H2,1H3,(H,51,52)/b4-3-,7-6-,10-9-,13-12-,16-15-,19-18-,22-21-,25-24-,28-27-,31-30-,34-33-. The number of aliphatic hydroxyl groups is 1. The Labute approximate surface area is 340 Å². The zero-order valence-corrected chi connectivity index (χ0v) is 35.2. The second-order valence-corrected chi connectivity index (χ2v) is 14.4.